The Bertz CT molecular complexity index is 426. The van der Waals surface area contributed by atoms with Gasteiger partial charge < -0.3 is 10.4 Å². The molecule has 1 rings (SSSR count). The lowest BCUT2D eigenvalue weighted by molar-refractivity contribution is -0.140. The Morgan fingerprint density at radius 3 is 2.67 bits per heavy atom. The van der Waals surface area contributed by atoms with Gasteiger partial charge in [-0.2, -0.15) is 5.10 Å². The number of carboxylic acid groups (broad SMARTS) is 1. The molecule has 1 atom stereocenters. The van der Waals surface area contributed by atoms with E-state index in [-0.39, 0.29) is 5.92 Å². The second kappa shape index (κ2) is 6.18. The van der Waals surface area contributed by atoms with Crippen molar-refractivity contribution in [3.05, 3.63) is 18.0 Å². The molecule has 0 saturated heterocycles. The number of nitrogens with zero attached hydrogens (tertiary/aromatic N) is 2. The third kappa shape index (κ3) is 3.58. The van der Waals surface area contributed by atoms with E-state index in [0.717, 1.165) is 13.0 Å². The van der Waals surface area contributed by atoms with Gasteiger partial charge in [0, 0.05) is 12.7 Å². The lowest BCUT2D eigenvalue weighted by Gasteiger charge is -2.17. The number of hydrogen-bond donors (Lipinski definition) is 2. The normalized spacial score (nSPS) is 12.4. The number of carbonyl (C=O) groups is 2. The quantitative estimate of drug-likeness (QED) is 0.796. The number of carboxylic acids is 1. The Hall–Kier alpha value is -1.85. The fraction of sp³-hybridized carbons (Fsp3) is 0.583. The van der Waals surface area contributed by atoms with Crippen LogP contribution in [0.3, 0.4) is 0 Å². The maximum atomic E-state index is 11.9. The van der Waals surface area contributed by atoms with Crippen molar-refractivity contribution in [1.82, 2.24) is 15.1 Å². The highest BCUT2D eigenvalue weighted by Crippen LogP contribution is 2.05. The van der Waals surface area contributed by atoms with Crippen molar-refractivity contribution in [3.63, 3.8) is 0 Å². The first-order valence-corrected chi connectivity index (χ1v) is 6.01. The summed E-state index contributed by atoms with van der Waals surface area (Å²) < 4.78 is 1.67. The van der Waals surface area contributed by atoms with Gasteiger partial charge in [-0.1, -0.05) is 20.8 Å². The molecule has 100 valence electrons. The van der Waals surface area contributed by atoms with Crippen molar-refractivity contribution in [2.45, 2.75) is 39.8 Å². The van der Waals surface area contributed by atoms with E-state index in [1.54, 1.807) is 24.7 Å². The Morgan fingerprint density at radius 1 is 1.50 bits per heavy atom. The van der Waals surface area contributed by atoms with Crippen LogP contribution >= 0.6 is 0 Å². The molecule has 0 aliphatic carbocycles. The zero-order valence-corrected chi connectivity index (χ0v) is 10.9. The van der Waals surface area contributed by atoms with Gasteiger partial charge in [-0.3, -0.25) is 9.48 Å². The number of aliphatic carboxylic acids is 1. The smallest absolute Gasteiger partial charge is 0.326 e. The van der Waals surface area contributed by atoms with Crippen LogP contribution in [0.25, 0.3) is 0 Å². The Morgan fingerprint density at radius 2 is 2.17 bits per heavy atom. The summed E-state index contributed by atoms with van der Waals surface area (Å²) in [5.74, 6) is -1.60. The zero-order valence-electron chi connectivity index (χ0n) is 10.9. The predicted molar refractivity (Wildman–Crippen MR) is 66.2 cm³/mol. The topological polar surface area (TPSA) is 84.2 Å². The van der Waals surface area contributed by atoms with Gasteiger partial charge in [-0.05, 0) is 12.3 Å². The first-order chi connectivity index (χ1) is 8.45. The minimum atomic E-state index is -1.03. The monoisotopic (exact) mass is 253 g/mol. The average Bonchev–Trinajstić information content (AvgIpc) is 2.73. The molecule has 0 aliphatic rings. The van der Waals surface area contributed by atoms with Crippen molar-refractivity contribution in [2.24, 2.45) is 5.92 Å². The van der Waals surface area contributed by atoms with Gasteiger partial charge in [-0.25, -0.2) is 4.79 Å². The van der Waals surface area contributed by atoms with E-state index in [9.17, 15) is 9.59 Å². The van der Waals surface area contributed by atoms with Crippen LogP contribution in [-0.4, -0.2) is 32.8 Å². The van der Waals surface area contributed by atoms with Crippen LogP contribution in [0.15, 0.2) is 12.4 Å². The third-order valence-corrected chi connectivity index (χ3v) is 2.57. The summed E-state index contributed by atoms with van der Waals surface area (Å²) >= 11 is 0. The number of carbonyl (C=O) groups excluding carboxylic acids is 1. The lowest BCUT2D eigenvalue weighted by Crippen LogP contribution is -2.44. The number of aryl methyl sites for hydroxylation is 1. The molecule has 0 fully saturated rings. The molecule has 0 aromatic carbocycles. The van der Waals surface area contributed by atoms with Gasteiger partial charge in [0.1, 0.15) is 6.04 Å². The van der Waals surface area contributed by atoms with Gasteiger partial charge in [-0.15, -0.1) is 0 Å². The maximum absolute atomic E-state index is 11.9. The fourth-order valence-corrected chi connectivity index (χ4v) is 1.57. The number of amides is 1. The van der Waals surface area contributed by atoms with Gasteiger partial charge in [0.15, 0.2) is 0 Å². The van der Waals surface area contributed by atoms with Gasteiger partial charge >= 0.3 is 5.97 Å². The summed E-state index contributed by atoms with van der Waals surface area (Å²) in [6.07, 6.45) is 3.99. The Labute approximate surface area is 106 Å². The van der Waals surface area contributed by atoms with Crippen LogP contribution < -0.4 is 5.32 Å². The molecule has 18 heavy (non-hydrogen) atoms. The molecule has 0 saturated carbocycles. The molecule has 0 radical (unpaired) electrons. The van der Waals surface area contributed by atoms with E-state index in [0.29, 0.717) is 5.56 Å². The summed E-state index contributed by atoms with van der Waals surface area (Å²) in [4.78, 5) is 22.8. The van der Waals surface area contributed by atoms with E-state index < -0.39 is 17.9 Å². The number of rotatable bonds is 6. The predicted octanol–water partition coefficient (Wildman–Crippen LogP) is 1.13. The summed E-state index contributed by atoms with van der Waals surface area (Å²) in [6, 6.07) is -0.882. The zero-order chi connectivity index (χ0) is 13.7. The van der Waals surface area contributed by atoms with Gasteiger partial charge in [0.25, 0.3) is 5.91 Å². The molecule has 1 amide bonds. The summed E-state index contributed by atoms with van der Waals surface area (Å²) in [7, 11) is 0. The van der Waals surface area contributed by atoms with Crippen LogP contribution in [0.1, 0.15) is 37.6 Å². The van der Waals surface area contributed by atoms with Crippen molar-refractivity contribution in [1.29, 1.82) is 0 Å². The molecular weight excluding hydrogens is 234 g/mol. The second-order valence-corrected chi connectivity index (χ2v) is 4.53. The van der Waals surface area contributed by atoms with Gasteiger partial charge in [0.2, 0.25) is 0 Å². The highest BCUT2D eigenvalue weighted by molar-refractivity contribution is 5.96. The van der Waals surface area contributed by atoms with Crippen molar-refractivity contribution in [3.8, 4) is 0 Å². The van der Waals surface area contributed by atoms with Gasteiger partial charge in [0.05, 0.1) is 11.8 Å². The molecule has 2 N–H and O–H groups in total. The van der Waals surface area contributed by atoms with Crippen LogP contribution in [0, 0.1) is 5.92 Å². The van der Waals surface area contributed by atoms with E-state index in [1.807, 2.05) is 6.92 Å². The average molecular weight is 253 g/mol. The fourth-order valence-electron chi connectivity index (χ4n) is 1.57. The number of aromatic nitrogens is 2. The second-order valence-electron chi connectivity index (χ2n) is 4.53. The SMILES string of the molecule is CCCn1cc(C(=O)N[C@H](C(=O)O)C(C)C)cn1. The molecule has 6 nitrogen and oxygen atoms in total. The van der Waals surface area contributed by atoms with Crippen molar-refractivity contribution >= 4 is 11.9 Å². The standard InChI is InChI=1S/C12H19N3O3/c1-4-5-15-7-9(6-13-15)11(16)14-10(8(2)3)12(17)18/h6-8,10H,4-5H2,1-3H3,(H,14,16)(H,17,18)/t10-/m0/s1. The van der Waals surface area contributed by atoms with Crippen LogP contribution in [0.2, 0.25) is 0 Å². The number of nitrogens with one attached hydrogen (secondary N) is 1. The van der Waals surface area contributed by atoms with Crippen LogP contribution in [-0.2, 0) is 11.3 Å². The first-order valence-electron chi connectivity index (χ1n) is 6.01. The lowest BCUT2D eigenvalue weighted by atomic mass is 10.0. The van der Waals surface area contributed by atoms with Crippen LogP contribution in [0.5, 0.6) is 0 Å². The summed E-state index contributed by atoms with van der Waals surface area (Å²) in [5.41, 5.74) is 0.385. The number of hydrogen-bond acceptors (Lipinski definition) is 3. The molecule has 0 aliphatic heterocycles. The molecule has 1 heterocycles. The molecule has 0 bridgehead atoms. The van der Waals surface area contributed by atoms with Crippen LogP contribution in [0.4, 0.5) is 0 Å². The minimum Gasteiger partial charge on any atom is -0.480 e. The molecule has 1 aromatic heterocycles. The van der Waals surface area contributed by atoms with E-state index in [4.69, 9.17) is 5.11 Å². The molecule has 1 aromatic rings. The Balaban J connectivity index is 2.71. The molecule has 0 spiro atoms. The molecule has 6 heteroatoms. The largest absolute Gasteiger partial charge is 0.480 e. The van der Waals surface area contributed by atoms with Crippen molar-refractivity contribution in [2.75, 3.05) is 0 Å². The summed E-state index contributed by atoms with van der Waals surface area (Å²) in [5, 5.41) is 15.5. The minimum absolute atomic E-state index is 0.169. The maximum Gasteiger partial charge on any atom is 0.326 e. The van der Waals surface area contributed by atoms with E-state index in [2.05, 4.69) is 10.4 Å². The third-order valence-electron chi connectivity index (χ3n) is 2.57. The molecule has 0 unspecified atom stereocenters. The highest BCUT2D eigenvalue weighted by Gasteiger charge is 2.24. The van der Waals surface area contributed by atoms with E-state index >= 15 is 0 Å². The first kappa shape index (κ1) is 14.2. The highest BCUT2D eigenvalue weighted by atomic mass is 16.4. The Kier molecular flexibility index (Phi) is 4.88. The molecular formula is C12H19N3O3. The summed E-state index contributed by atoms with van der Waals surface area (Å²) in [6.45, 7) is 6.25. The van der Waals surface area contributed by atoms with Crippen molar-refractivity contribution < 1.29 is 14.7 Å². The van der Waals surface area contributed by atoms with E-state index in [1.165, 1.54) is 6.20 Å².